The van der Waals surface area contributed by atoms with Crippen LogP contribution in [-0.2, 0) is 5.41 Å². The van der Waals surface area contributed by atoms with E-state index in [2.05, 4.69) is 6.07 Å². The molecular formula is C17H16N2O2. The highest BCUT2D eigenvalue weighted by Crippen LogP contribution is 2.35. The molecule has 0 saturated carbocycles. The van der Waals surface area contributed by atoms with Crippen molar-refractivity contribution in [1.29, 1.82) is 5.26 Å². The molecule has 0 N–H and O–H groups in total. The molecule has 0 saturated heterocycles. The van der Waals surface area contributed by atoms with Crippen LogP contribution in [-0.4, -0.2) is 4.92 Å². The van der Waals surface area contributed by atoms with Gasteiger partial charge in [-0.25, -0.2) is 0 Å². The SMILES string of the molecule is CC(C#N)(CC(c1ccccc1)[N+](=O)[O-])c1ccccc1. The summed E-state index contributed by atoms with van der Waals surface area (Å²) in [4.78, 5) is 11.1. The Balaban J connectivity index is 2.36. The van der Waals surface area contributed by atoms with E-state index in [1.54, 1.807) is 31.2 Å². The second-order valence-electron chi connectivity index (χ2n) is 5.23. The van der Waals surface area contributed by atoms with E-state index in [4.69, 9.17) is 0 Å². The Morgan fingerprint density at radius 3 is 2.14 bits per heavy atom. The minimum atomic E-state index is -0.894. The minimum absolute atomic E-state index is 0.143. The maximum atomic E-state index is 11.4. The van der Waals surface area contributed by atoms with Crippen molar-refractivity contribution >= 4 is 0 Å². The molecule has 106 valence electrons. The molecule has 0 spiro atoms. The van der Waals surface area contributed by atoms with E-state index in [0.717, 1.165) is 5.56 Å². The molecule has 0 bridgehead atoms. The number of rotatable bonds is 5. The van der Waals surface area contributed by atoms with Crippen LogP contribution >= 0.6 is 0 Å². The fraction of sp³-hybridized carbons (Fsp3) is 0.235. The number of hydrogen-bond donors (Lipinski definition) is 0. The molecule has 0 heterocycles. The summed E-state index contributed by atoms with van der Waals surface area (Å²) in [5, 5.41) is 21.0. The van der Waals surface area contributed by atoms with Crippen molar-refractivity contribution in [2.75, 3.05) is 0 Å². The Bertz CT molecular complexity index is 649. The van der Waals surface area contributed by atoms with Gasteiger partial charge in [-0.3, -0.25) is 10.1 Å². The first kappa shape index (κ1) is 14.7. The molecular weight excluding hydrogens is 264 g/mol. The second kappa shape index (κ2) is 6.19. The van der Waals surface area contributed by atoms with Crippen LogP contribution in [0.15, 0.2) is 60.7 Å². The summed E-state index contributed by atoms with van der Waals surface area (Å²) >= 11 is 0. The van der Waals surface area contributed by atoms with Crippen LogP contribution in [0.4, 0.5) is 0 Å². The molecule has 0 aromatic heterocycles. The zero-order chi connectivity index (χ0) is 15.3. The summed E-state index contributed by atoms with van der Waals surface area (Å²) in [5.41, 5.74) is 0.532. The van der Waals surface area contributed by atoms with Crippen molar-refractivity contribution in [3.63, 3.8) is 0 Å². The topological polar surface area (TPSA) is 66.9 Å². The van der Waals surface area contributed by atoms with Gasteiger partial charge in [0.2, 0.25) is 6.04 Å². The summed E-state index contributed by atoms with van der Waals surface area (Å²) in [7, 11) is 0. The van der Waals surface area contributed by atoms with E-state index in [0.29, 0.717) is 5.56 Å². The molecule has 2 rings (SSSR count). The van der Waals surface area contributed by atoms with E-state index in [1.807, 2.05) is 36.4 Å². The van der Waals surface area contributed by atoms with Crippen molar-refractivity contribution < 1.29 is 4.92 Å². The third-order valence-corrected chi connectivity index (χ3v) is 3.70. The van der Waals surface area contributed by atoms with Gasteiger partial charge in [-0.15, -0.1) is 0 Å². The smallest absolute Gasteiger partial charge is 0.239 e. The summed E-state index contributed by atoms with van der Waals surface area (Å²) in [6.45, 7) is 1.75. The number of benzene rings is 2. The Morgan fingerprint density at radius 1 is 1.14 bits per heavy atom. The molecule has 2 aromatic rings. The molecule has 2 atom stereocenters. The lowest BCUT2D eigenvalue weighted by atomic mass is 9.77. The van der Waals surface area contributed by atoms with E-state index in [1.165, 1.54) is 0 Å². The van der Waals surface area contributed by atoms with Gasteiger partial charge in [-0.2, -0.15) is 5.26 Å². The Morgan fingerprint density at radius 2 is 1.67 bits per heavy atom. The average Bonchev–Trinajstić information content (AvgIpc) is 2.54. The molecule has 0 radical (unpaired) electrons. The fourth-order valence-electron chi connectivity index (χ4n) is 2.41. The lowest BCUT2D eigenvalue weighted by Gasteiger charge is -2.24. The highest BCUT2D eigenvalue weighted by atomic mass is 16.6. The van der Waals surface area contributed by atoms with E-state index in [-0.39, 0.29) is 11.3 Å². The Hall–Kier alpha value is -2.67. The van der Waals surface area contributed by atoms with Crippen LogP contribution in [0.2, 0.25) is 0 Å². The van der Waals surface area contributed by atoms with E-state index >= 15 is 0 Å². The molecule has 0 aliphatic carbocycles. The number of nitrogens with zero attached hydrogens (tertiary/aromatic N) is 2. The monoisotopic (exact) mass is 280 g/mol. The largest absolute Gasteiger partial charge is 0.264 e. The molecule has 21 heavy (non-hydrogen) atoms. The van der Waals surface area contributed by atoms with Crippen LogP contribution in [0.5, 0.6) is 0 Å². The van der Waals surface area contributed by atoms with Gasteiger partial charge in [0.25, 0.3) is 0 Å². The average molecular weight is 280 g/mol. The first-order chi connectivity index (χ1) is 10.1. The number of nitro groups is 1. The minimum Gasteiger partial charge on any atom is -0.264 e. The van der Waals surface area contributed by atoms with Crippen molar-refractivity contribution in [3.05, 3.63) is 81.9 Å². The number of hydrogen-bond acceptors (Lipinski definition) is 3. The number of nitriles is 1. The lowest BCUT2D eigenvalue weighted by molar-refractivity contribution is -0.531. The summed E-state index contributed by atoms with van der Waals surface area (Å²) in [6.07, 6.45) is 0.143. The highest BCUT2D eigenvalue weighted by molar-refractivity contribution is 5.32. The van der Waals surface area contributed by atoms with Crippen LogP contribution in [0.25, 0.3) is 0 Å². The molecule has 0 aliphatic rings. The van der Waals surface area contributed by atoms with Gasteiger partial charge in [0.1, 0.15) is 0 Å². The third-order valence-electron chi connectivity index (χ3n) is 3.70. The molecule has 0 fully saturated rings. The first-order valence-corrected chi connectivity index (χ1v) is 6.72. The summed E-state index contributed by atoms with van der Waals surface area (Å²) in [6, 6.07) is 19.4. The zero-order valence-electron chi connectivity index (χ0n) is 11.8. The second-order valence-corrected chi connectivity index (χ2v) is 5.23. The molecule has 2 unspecified atom stereocenters. The zero-order valence-corrected chi connectivity index (χ0v) is 11.8. The van der Waals surface area contributed by atoms with Gasteiger partial charge >= 0.3 is 0 Å². The Labute approximate surface area is 123 Å². The van der Waals surface area contributed by atoms with Crippen LogP contribution in [0, 0.1) is 21.4 Å². The maximum absolute atomic E-state index is 11.4. The van der Waals surface area contributed by atoms with Crippen LogP contribution in [0.3, 0.4) is 0 Å². The van der Waals surface area contributed by atoms with E-state index in [9.17, 15) is 15.4 Å². The van der Waals surface area contributed by atoms with E-state index < -0.39 is 11.5 Å². The summed E-state index contributed by atoms with van der Waals surface area (Å²) in [5.74, 6) is 0. The Kier molecular flexibility index (Phi) is 4.34. The molecule has 4 heteroatoms. The van der Waals surface area contributed by atoms with Crippen LogP contribution in [0.1, 0.15) is 30.5 Å². The highest BCUT2D eigenvalue weighted by Gasteiger charge is 2.36. The maximum Gasteiger partial charge on any atom is 0.239 e. The van der Waals surface area contributed by atoms with Crippen LogP contribution < -0.4 is 0 Å². The van der Waals surface area contributed by atoms with Crippen molar-refractivity contribution in [1.82, 2.24) is 0 Å². The van der Waals surface area contributed by atoms with Gasteiger partial charge in [0.05, 0.1) is 11.5 Å². The predicted molar refractivity (Wildman–Crippen MR) is 80.2 cm³/mol. The third kappa shape index (κ3) is 3.26. The summed E-state index contributed by atoms with van der Waals surface area (Å²) < 4.78 is 0. The quantitative estimate of drug-likeness (QED) is 0.616. The fourth-order valence-corrected chi connectivity index (χ4v) is 2.41. The standard InChI is InChI=1S/C17H16N2O2/c1-17(13-18,15-10-6-3-7-11-15)12-16(19(20)21)14-8-4-2-5-9-14/h2-11,16H,12H2,1H3. The molecule has 2 aromatic carbocycles. The van der Waals surface area contributed by atoms with Gasteiger partial charge in [0.15, 0.2) is 0 Å². The van der Waals surface area contributed by atoms with Crippen molar-refractivity contribution in [3.8, 4) is 6.07 Å². The molecule has 0 amide bonds. The van der Waals surface area contributed by atoms with Crippen molar-refractivity contribution in [2.24, 2.45) is 0 Å². The molecule has 4 nitrogen and oxygen atoms in total. The van der Waals surface area contributed by atoms with Gasteiger partial charge in [0, 0.05) is 16.9 Å². The normalized spacial score (nSPS) is 14.7. The van der Waals surface area contributed by atoms with Crippen molar-refractivity contribution in [2.45, 2.75) is 24.8 Å². The lowest BCUT2D eigenvalue weighted by Crippen LogP contribution is -2.26. The predicted octanol–water partition coefficient (Wildman–Crippen LogP) is 3.88. The van der Waals surface area contributed by atoms with Gasteiger partial charge < -0.3 is 0 Å². The molecule has 0 aliphatic heterocycles. The first-order valence-electron chi connectivity index (χ1n) is 6.72. The van der Waals surface area contributed by atoms with Gasteiger partial charge in [-0.1, -0.05) is 60.7 Å². The van der Waals surface area contributed by atoms with Gasteiger partial charge in [-0.05, 0) is 12.5 Å².